The number of nitrogens with zero attached hydrogens (tertiary/aromatic N) is 1. The zero-order chi connectivity index (χ0) is 14.3. The predicted octanol–water partition coefficient (Wildman–Crippen LogP) is 2.49. The van der Waals surface area contributed by atoms with E-state index in [4.69, 9.17) is 9.47 Å². The summed E-state index contributed by atoms with van der Waals surface area (Å²) in [7, 11) is 1.39. The Labute approximate surface area is 111 Å². The van der Waals surface area contributed by atoms with Crippen molar-refractivity contribution < 1.29 is 19.2 Å². The highest BCUT2D eigenvalue weighted by molar-refractivity contribution is 5.69. The van der Waals surface area contributed by atoms with Gasteiger partial charge in [0.2, 0.25) is 0 Å². The standard InChI is InChI=1S/C13H17NO5/c1-3-19-13(15)6-4-5-10-7-8-12(18-2)11(9-10)14(16)17/h7-9H,3-6H2,1-2H3. The van der Waals surface area contributed by atoms with E-state index in [2.05, 4.69) is 0 Å². The van der Waals surface area contributed by atoms with Gasteiger partial charge < -0.3 is 9.47 Å². The van der Waals surface area contributed by atoms with Crippen molar-refractivity contribution in [1.29, 1.82) is 0 Å². The largest absolute Gasteiger partial charge is 0.490 e. The molecule has 0 aliphatic carbocycles. The number of rotatable bonds is 7. The van der Waals surface area contributed by atoms with Crippen molar-refractivity contribution in [2.45, 2.75) is 26.2 Å². The Bertz CT molecular complexity index is 458. The summed E-state index contributed by atoms with van der Waals surface area (Å²) < 4.78 is 9.73. The van der Waals surface area contributed by atoms with Gasteiger partial charge in [0.1, 0.15) is 0 Å². The van der Waals surface area contributed by atoms with Crippen molar-refractivity contribution in [3.8, 4) is 5.75 Å². The number of esters is 1. The summed E-state index contributed by atoms with van der Waals surface area (Å²) in [5.41, 5.74) is 0.743. The molecule has 0 aliphatic heterocycles. The summed E-state index contributed by atoms with van der Waals surface area (Å²) in [6, 6.07) is 4.80. The molecule has 1 aromatic rings. The Hall–Kier alpha value is -2.11. The van der Waals surface area contributed by atoms with E-state index in [-0.39, 0.29) is 17.4 Å². The minimum atomic E-state index is -0.478. The van der Waals surface area contributed by atoms with Gasteiger partial charge in [-0.05, 0) is 31.4 Å². The first kappa shape index (κ1) is 14.9. The van der Waals surface area contributed by atoms with Crippen molar-refractivity contribution >= 4 is 11.7 Å². The molecule has 0 bridgehead atoms. The van der Waals surface area contributed by atoms with Gasteiger partial charge in [-0.25, -0.2) is 0 Å². The van der Waals surface area contributed by atoms with Gasteiger partial charge in [0.05, 0.1) is 18.6 Å². The fourth-order valence-electron chi connectivity index (χ4n) is 1.70. The molecule has 104 valence electrons. The van der Waals surface area contributed by atoms with E-state index in [0.717, 1.165) is 5.56 Å². The maximum absolute atomic E-state index is 11.2. The zero-order valence-electron chi connectivity index (χ0n) is 11.0. The SMILES string of the molecule is CCOC(=O)CCCc1ccc(OC)c([N+](=O)[O-])c1. The lowest BCUT2D eigenvalue weighted by Crippen LogP contribution is -2.04. The summed E-state index contributed by atoms with van der Waals surface area (Å²) in [5.74, 6) is -0.00958. The maximum atomic E-state index is 11.2. The van der Waals surface area contributed by atoms with Crippen molar-refractivity contribution in [2.75, 3.05) is 13.7 Å². The van der Waals surface area contributed by atoms with Gasteiger partial charge in [0, 0.05) is 12.5 Å². The third-order valence-electron chi connectivity index (χ3n) is 2.59. The monoisotopic (exact) mass is 267 g/mol. The number of carbonyl (C=O) groups excluding carboxylic acids is 1. The highest BCUT2D eigenvalue weighted by Gasteiger charge is 2.15. The number of nitro groups is 1. The van der Waals surface area contributed by atoms with Crippen molar-refractivity contribution in [1.82, 2.24) is 0 Å². The number of nitro benzene ring substituents is 1. The van der Waals surface area contributed by atoms with Crippen LogP contribution in [0.2, 0.25) is 0 Å². The molecule has 0 N–H and O–H groups in total. The highest BCUT2D eigenvalue weighted by Crippen LogP contribution is 2.28. The quantitative estimate of drug-likeness (QED) is 0.431. The van der Waals surface area contributed by atoms with Crippen LogP contribution in [-0.2, 0) is 16.0 Å². The second-order valence-corrected chi connectivity index (χ2v) is 3.92. The van der Waals surface area contributed by atoms with Gasteiger partial charge in [-0.15, -0.1) is 0 Å². The molecule has 1 rings (SSSR count). The Morgan fingerprint density at radius 1 is 1.42 bits per heavy atom. The Morgan fingerprint density at radius 2 is 2.16 bits per heavy atom. The maximum Gasteiger partial charge on any atom is 0.311 e. The average Bonchev–Trinajstić information content (AvgIpc) is 2.38. The number of methoxy groups -OCH3 is 1. The second-order valence-electron chi connectivity index (χ2n) is 3.92. The molecule has 0 spiro atoms. The van der Waals surface area contributed by atoms with Crippen LogP contribution in [0.4, 0.5) is 5.69 Å². The molecule has 0 saturated carbocycles. The van der Waals surface area contributed by atoms with Crippen LogP contribution >= 0.6 is 0 Å². The summed E-state index contributed by atoms with van der Waals surface area (Å²) in [6.45, 7) is 2.12. The molecular weight excluding hydrogens is 250 g/mol. The van der Waals surface area contributed by atoms with Gasteiger partial charge in [0.25, 0.3) is 0 Å². The molecule has 0 aliphatic rings. The summed E-state index contributed by atoms with van der Waals surface area (Å²) in [5, 5.41) is 10.9. The smallest absolute Gasteiger partial charge is 0.311 e. The fourth-order valence-corrected chi connectivity index (χ4v) is 1.70. The molecular formula is C13H17NO5. The first-order chi connectivity index (χ1) is 9.08. The minimum absolute atomic E-state index is 0.0591. The molecule has 0 fully saturated rings. The van der Waals surface area contributed by atoms with E-state index in [1.165, 1.54) is 13.2 Å². The number of ether oxygens (including phenoxy) is 2. The average molecular weight is 267 g/mol. The van der Waals surface area contributed by atoms with E-state index in [0.29, 0.717) is 25.9 Å². The molecule has 19 heavy (non-hydrogen) atoms. The van der Waals surface area contributed by atoms with Crippen LogP contribution in [0.1, 0.15) is 25.3 Å². The summed E-state index contributed by atoms with van der Waals surface area (Å²) >= 11 is 0. The fraction of sp³-hybridized carbons (Fsp3) is 0.462. The minimum Gasteiger partial charge on any atom is -0.490 e. The van der Waals surface area contributed by atoms with Gasteiger partial charge >= 0.3 is 11.7 Å². The third kappa shape index (κ3) is 4.57. The molecule has 6 heteroatoms. The number of aryl methyl sites for hydroxylation is 1. The molecule has 0 atom stereocenters. The molecule has 0 aromatic heterocycles. The highest BCUT2D eigenvalue weighted by atomic mass is 16.6. The topological polar surface area (TPSA) is 78.7 Å². The summed E-state index contributed by atoms with van der Waals surface area (Å²) in [6.07, 6.45) is 1.50. The van der Waals surface area contributed by atoms with E-state index in [1.807, 2.05) is 0 Å². The Kier molecular flexibility index (Phi) is 5.78. The molecule has 0 radical (unpaired) electrons. The molecule has 0 unspecified atom stereocenters. The van der Waals surface area contributed by atoms with Crippen LogP contribution in [0.3, 0.4) is 0 Å². The zero-order valence-corrected chi connectivity index (χ0v) is 11.0. The van der Waals surface area contributed by atoms with Crippen LogP contribution in [0.25, 0.3) is 0 Å². The molecule has 1 aromatic carbocycles. The van der Waals surface area contributed by atoms with E-state index < -0.39 is 4.92 Å². The van der Waals surface area contributed by atoms with Crippen molar-refractivity contribution in [3.63, 3.8) is 0 Å². The first-order valence-corrected chi connectivity index (χ1v) is 6.05. The number of carbonyl (C=O) groups is 1. The molecule has 0 heterocycles. The van der Waals surface area contributed by atoms with E-state index >= 15 is 0 Å². The second kappa shape index (κ2) is 7.35. The predicted molar refractivity (Wildman–Crippen MR) is 69.2 cm³/mol. The van der Waals surface area contributed by atoms with Crippen molar-refractivity contribution in [3.05, 3.63) is 33.9 Å². The van der Waals surface area contributed by atoms with Gasteiger partial charge in [0.15, 0.2) is 5.75 Å². The van der Waals surface area contributed by atoms with Gasteiger partial charge in [-0.2, -0.15) is 0 Å². The van der Waals surface area contributed by atoms with Gasteiger partial charge in [-0.1, -0.05) is 6.07 Å². The van der Waals surface area contributed by atoms with E-state index in [1.54, 1.807) is 19.1 Å². The lowest BCUT2D eigenvalue weighted by molar-refractivity contribution is -0.385. The molecule has 0 amide bonds. The number of benzene rings is 1. The van der Waals surface area contributed by atoms with Crippen LogP contribution < -0.4 is 4.74 Å². The Balaban J connectivity index is 2.62. The van der Waals surface area contributed by atoms with Gasteiger partial charge in [-0.3, -0.25) is 14.9 Å². The Morgan fingerprint density at radius 3 is 2.74 bits per heavy atom. The normalized spacial score (nSPS) is 10.0. The number of hydrogen-bond acceptors (Lipinski definition) is 5. The lowest BCUT2D eigenvalue weighted by atomic mass is 10.1. The van der Waals surface area contributed by atoms with Crippen molar-refractivity contribution in [2.24, 2.45) is 0 Å². The molecule has 0 saturated heterocycles. The first-order valence-electron chi connectivity index (χ1n) is 6.05. The molecule has 6 nitrogen and oxygen atoms in total. The van der Waals surface area contributed by atoms with E-state index in [9.17, 15) is 14.9 Å². The van der Waals surface area contributed by atoms with Crippen LogP contribution in [0.15, 0.2) is 18.2 Å². The number of hydrogen-bond donors (Lipinski definition) is 0. The van der Waals surface area contributed by atoms with Crippen LogP contribution in [0.5, 0.6) is 5.75 Å². The third-order valence-corrected chi connectivity index (χ3v) is 2.59. The van der Waals surface area contributed by atoms with Crippen LogP contribution in [0, 0.1) is 10.1 Å². The summed E-state index contributed by atoms with van der Waals surface area (Å²) in [4.78, 5) is 21.5. The van der Waals surface area contributed by atoms with Crippen LogP contribution in [-0.4, -0.2) is 24.6 Å². The lowest BCUT2D eigenvalue weighted by Gasteiger charge is -2.05.